The van der Waals surface area contributed by atoms with Crippen LogP contribution in [0.5, 0.6) is 0 Å². The Morgan fingerprint density at radius 2 is 1.06 bits per heavy atom. The lowest BCUT2D eigenvalue weighted by atomic mass is 9.81. The van der Waals surface area contributed by atoms with Crippen LogP contribution in [0.3, 0.4) is 0 Å². The predicted octanol–water partition coefficient (Wildman–Crippen LogP) is 3.63. The minimum absolute atomic E-state index is 0.151. The summed E-state index contributed by atoms with van der Waals surface area (Å²) in [7, 11) is 0. The summed E-state index contributed by atoms with van der Waals surface area (Å²) in [6.45, 7) is 13.5. The first kappa shape index (κ1) is 15.3. The fourth-order valence-electron chi connectivity index (χ4n) is 1.32. The zero-order valence-corrected chi connectivity index (χ0v) is 11.8. The highest BCUT2D eigenvalue weighted by Gasteiger charge is 2.27. The van der Waals surface area contributed by atoms with Crippen molar-refractivity contribution in [1.82, 2.24) is 0 Å². The number of carbonyl (C=O) groups excluding carboxylic acids is 2. The van der Waals surface area contributed by atoms with Crippen molar-refractivity contribution in [1.29, 1.82) is 0 Å². The Balaban J connectivity index is 4.26. The van der Waals surface area contributed by atoms with Crippen LogP contribution in [-0.4, -0.2) is 11.6 Å². The second-order valence-electron chi connectivity index (χ2n) is 6.86. The molecule has 0 radical (unpaired) electrons. The molecule has 0 heterocycles. The minimum Gasteiger partial charge on any atom is -0.299 e. The Morgan fingerprint density at radius 3 is 1.25 bits per heavy atom. The third kappa shape index (κ3) is 5.43. The van der Waals surface area contributed by atoms with Gasteiger partial charge in [-0.25, -0.2) is 0 Å². The van der Waals surface area contributed by atoms with Crippen molar-refractivity contribution in [2.75, 3.05) is 0 Å². The van der Waals surface area contributed by atoms with Crippen molar-refractivity contribution in [2.45, 2.75) is 61.3 Å². The number of Topliss-reactive ketones (excluding diaryl/α,β-unsaturated/α-hetero) is 2. The maximum atomic E-state index is 11.8. The zero-order valence-electron chi connectivity index (χ0n) is 11.8. The fourth-order valence-corrected chi connectivity index (χ4v) is 1.32. The first-order valence-corrected chi connectivity index (χ1v) is 6.01. The Hall–Kier alpha value is -0.660. The topological polar surface area (TPSA) is 34.1 Å². The highest BCUT2D eigenvalue weighted by atomic mass is 16.1. The van der Waals surface area contributed by atoms with Crippen molar-refractivity contribution < 1.29 is 9.59 Å². The highest BCUT2D eigenvalue weighted by molar-refractivity contribution is 5.86. The number of rotatable bonds is 4. The van der Waals surface area contributed by atoms with E-state index in [0.717, 1.165) is 0 Å². The summed E-state index contributed by atoms with van der Waals surface area (Å²) in [5.74, 6) is 0.627. The molecule has 0 aromatic heterocycles. The van der Waals surface area contributed by atoms with Gasteiger partial charge in [0, 0.05) is 23.7 Å². The summed E-state index contributed by atoms with van der Waals surface area (Å²) in [6.07, 6.45) is 1.01. The molecule has 16 heavy (non-hydrogen) atoms. The molecule has 0 aliphatic rings. The lowest BCUT2D eigenvalue weighted by molar-refractivity contribution is -0.129. The van der Waals surface area contributed by atoms with Crippen LogP contribution in [0.25, 0.3) is 0 Å². The SMILES string of the molecule is CC(CC(=O)C(C)(C)C)CC(=O)C(C)(C)C. The van der Waals surface area contributed by atoms with E-state index in [4.69, 9.17) is 0 Å². The molecule has 0 aliphatic carbocycles. The van der Waals surface area contributed by atoms with Gasteiger partial charge in [-0.05, 0) is 5.92 Å². The molecule has 0 rings (SSSR count). The van der Waals surface area contributed by atoms with Crippen LogP contribution in [0.15, 0.2) is 0 Å². The molecule has 2 heteroatoms. The highest BCUT2D eigenvalue weighted by Crippen LogP contribution is 2.24. The van der Waals surface area contributed by atoms with E-state index in [1.807, 2.05) is 48.5 Å². The Morgan fingerprint density at radius 1 is 0.812 bits per heavy atom. The summed E-state index contributed by atoms with van der Waals surface area (Å²) < 4.78 is 0. The van der Waals surface area contributed by atoms with Gasteiger partial charge >= 0.3 is 0 Å². The van der Waals surface area contributed by atoms with E-state index in [1.165, 1.54) is 0 Å². The summed E-state index contributed by atoms with van der Waals surface area (Å²) in [5, 5.41) is 0. The van der Waals surface area contributed by atoms with E-state index in [9.17, 15) is 9.59 Å². The second kappa shape index (κ2) is 5.11. The van der Waals surface area contributed by atoms with E-state index >= 15 is 0 Å². The molecule has 0 atom stereocenters. The molecule has 0 N–H and O–H groups in total. The molecule has 0 aromatic carbocycles. The van der Waals surface area contributed by atoms with Crippen molar-refractivity contribution >= 4 is 11.6 Å². The lowest BCUT2D eigenvalue weighted by Gasteiger charge is -2.22. The second-order valence-corrected chi connectivity index (χ2v) is 6.86. The van der Waals surface area contributed by atoms with Gasteiger partial charge in [0.15, 0.2) is 0 Å². The summed E-state index contributed by atoms with van der Waals surface area (Å²) >= 11 is 0. The van der Waals surface area contributed by atoms with Crippen molar-refractivity contribution in [2.24, 2.45) is 16.7 Å². The van der Waals surface area contributed by atoms with Gasteiger partial charge in [0.1, 0.15) is 11.6 Å². The van der Waals surface area contributed by atoms with Crippen LogP contribution in [0.4, 0.5) is 0 Å². The first-order chi connectivity index (χ1) is 6.94. The average molecular weight is 226 g/mol. The van der Waals surface area contributed by atoms with Crippen LogP contribution < -0.4 is 0 Å². The van der Waals surface area contributed by atoms with Crippen molar-refractivity contribution in [3.05, 3.63) is 0 Å². The molecular weight excluding hydrogens is 200 g/mol. The smallest absolute Gasteiger partial charge is 0.138 e. The lowest BCUT2D eigenvalue weighted by Crippen LogP contribution is -2.26. The third-order valence-corrected chi connectivity index (χ3v) is 2.74. The van der Waals surface area contributed by atoms with Crippen molar-refractivity contribution in [3.8, 4) is 0 Å². The van der Waals surface area contributed by atoms with Crippen molar-refractivity contribution in [3.63, 3.8) is 0 Å². The number of hydrogen-bond acceptors (Lipinski definition) is 2. The summed E-state index contributed by atoms with van der Waals surface area (Å²) in [6, 6.07) is 0. The number of ketones is 2. The van der Waals surface area contributed by atoms with Crippen LogP contribution in [-0.2, 0) is 9.59 Å². The van der Waals surface area contributed by atoms with E-state index in [0.29, 0.717) is 12.8 Å². The quantitative estimate of drug-likeness (QED) is 0.733. The van der Waals surface area contributed by atoms with Gasteiger partial charge in [0.2, 0.25) is 0 Å². The average Bonchev–Trinajstić information content (AvgIpc) is 1.99. The summed E-state index contributed by atoms with van der Waals surface area (Å²) in [4.78, 5) is 23.6. The predicted molar refractivity (Wildman–Crippen MR) is 67.3 cm³/mol. The van der Waals surface area contributed by atoms with Gasteiger partial charge < -0.3 is 0 Å². The fraction of sp³-hybridized carbons (Fsp3) is 0.857. The molecule has 0 unspecified atom stereocenters. The number of hydrogen-bond donors (Lipinski definition) is 0. The van der Waals surface area contributed by atoms with Crippen LogP contribution in [0.2, 0.25) is 0 Å². The van der Waals surface area contributed by atoms with E-state index in [1.54, 1.807) is 0 Å². The first-order valence-electron chi connectivity index (χ1n) is 6.01. The largest absolute Gasteiger partial charge is 0.299 e. The maximum absolute atomic E-state index is 11.8. The van der Waals surface area contributed by atoms with Crippen LogP contribution in [0, 0.1) is 16.7 Å². The molecule has 0 spiro atoms. The van der Waals surface area contributed by atoms with E-state index in [-0.39, 0.29) is 28.3 Å². The molecule has 0 fully saturated rings. The van der Waals surface area contributed by atoms with Crippen LogP contribution in [0.1, 0.15) is 61.3 Å². The molecule has 0 aromatic rings. The Bertz CT molecular complexity index is 235. The Kier molecular flexibility index (Phi) is 4.90. The van der Waals surface area contributed by atoms with Gasteiger partial charge in [-0.2, -0.15) is 0 Å². The van der Waals surface area contributed by atoms with Gasteiger partial charge in [0.25, 0.3) is 0 Å². The third-order valence-electron chi connectivity index (χ3n) is 2.74. The number of carbonyl (C=O) groups is 2. The molecule has 0 amide bonds. The van der Waals surface area contributed by atoms with Gasteiger partial charge in [-0.3, -0.25) is 9.59 Å². The molecule has 0 saturated carbocycles. The minimum atomic E-state index is -0.293. The standard InChI is InChI=1S/C14H26O2/c1-10(8-11(15)13(2,3)4)9-12(16)14(5,6)7/h10H,8-9H2,1-7H3. The molecule has 0 bridgehead atoms. The van der Waals surface area contributed by atoms with E-state index in [2.05, 4.69) is 0 Å². The molecule has 0 saturated heterocycles. The Labute approximate surface area is 99.8 Å². The molecule has 2 nitrogen and oxygen atoms in total. The van der Waals surface area contributed by atoms with Crippen LogP contribution >= 0.6 is 0 Å². The zero-order chi connectivity index (χ0) is 13.1. The maximum Gasteiger partial charge on any atom is 0.138 e. The molecule has 0 aliphatic heterocycles. The monoisotopic (exact) mass is 226 g/mol. The van der Waals surface area contributed by atoms with E-state index < -0.39 is 0 Å². The van der Waals surface area contributed by atoms with Gasteiger partial charge in [-0.15, -0.1) is 0 Å². The van der Waals surface area contributed by atoms with Gasteiger partial charge in [-0.1, -0.05) is 48.5 Å². The molecular formula is C14H26O2. The molecule has 94 valence electrons. The normalized spacial score (nSPS) is 13.0. The van der Waals surface area contributed by atoms with Gasteiger partial charge in [0.05, 0.1) is 0 Å². The summed E-state index contributed by atoms with van der Waals surface area (Å²) in [5.41, 5.74) is -0.585.